The second-order valence-corrected chi connectivity index (χ2v) is 11.1. The Hall–Kier alpha value is -3.95. The molecule has 0 heterocycles. The number of benzene rings is 4. The average Bonchev–Trinajstić information content (AvgIpc) is 2.96. The summed E-state index contributed by atoms with van der Waals surface area (Å²) in [6, 6.07) is 30.4. The first kappa shape index (κ1) is 27.1. The number of hydrogen-bond acceptors (Lipinski definition) is 6. The Morgan fingerprint density at radius 3 is 2.13 bits per heavy atom. The zero-order valence-corrected chi connectivity index (χ0v) is 22.7. The highest BCUT2D eigenvalue weighted by Crippen LogP contribution is 2.35. The summed E-state index contributed by atoms with van der Waals surface area (Å²) in [5, 5.41) is 2.81. The van der Waals surface area contributed by atoms with Crippen molar-refractivity contribution in [1.82, 2.24) is 0 Å². The maximum Gasteiger partial charge on any atom is 0.264 e. The van der Waals surface area contributed by atoms with Gasteiger partial charge in [-0.3, -0.25) is 9.10 Å². The Labute approximate surface area is 227 Å². The minimum Gasteiger partial charge on any atom is -0.497 e. The minimum absolute atomic E-state index is 0.0536. The van der Waals surface area contributed by atoms with Crippen molar-refractivity contribution in [1.29, 1.82) is 0 Å². The molecule has 0 spiro atoms. The van der Waals surface area contributed by atoms with Gasteiger partial charge in [-0.1, -0.05) is 48.5 Å². The van der Waals surface area contributed by atoms with Gasteiger partial charge >= 0.3 is 0 Å². The maximum atomic E-state index is 13.7. The normalized spacial score (nSPS) is 11.0. The van der Waals surface area contributed by atoms with Crippen LogP contribution in [0, 0.1) is 0 Å². The molecule has 4 aromatic rings. The van der Waals surface area contributed by atoms with Crippen LogP contribution >= 0.6 is 11.8 Å². The summed E-state index contributed by atoms with van der Waals surface area (Å²) in [7, 11) is -1.18. The Morgan fingerprint density at radius 1 is 0.842 bits per heavy atom. The molecule has 0 aromatic heterocycles. The lowest BCUT2D eigenvalue weighted by Crippen LogP contribution is -2.38. The van der Waals surface area contributed by atoms with E-state index in [4.69, 9.17) is 9.47 Å². The molecule has 1 amide bonds. The number of carbonyl (C=O) groups is 1. The van der Waals surface area contributed by atoms with E-state index < -0.39 is 22.5 Å². The van der Waals surface area contributed by atoms with Crippen LogP contribution < -0.4 is 19.1 Å². The topological polar surface area (TPSA) is 84.9 Å². The predicted molar refractivity (Wildman–Crippen MR) is 152 cm³/mol. The molecular formula is C29H28N2O5S2. The van der Waals surface area contributed by atoms with E-state index in [-0.39, 0.29) is 10.6 Å². The van der Waals surface area contributed by atoms with Gasteiger partial charge in [0, 0.05) is 22.4 Å². The largest absolute Gasteiger partial charge is 0.497 e. The third kappa shape index (κ3) is 6.67. The van der Waals surface area contributed by atoms with E-state index in [0.717, 1.165) is 15.6 Å². The highest BCUT2D eigenvalue weighted by Gasteiger charge is 2.30. The number of rotatable bonds is 11. The second kappa shape index (κ2) is 12.5. The molecule has 0 aliphatic rings. The summed E-state index contributed by atoms with van der Waals surface area (Å²) in [5.41, 5.74) is 1.86. The van der Waals surface area contributed by atoms with Crippen molar-refractivity contribution in [3.8, 4) is 11.5 Å². The van der Waals surface area contributed by atoms with Crippen molar-refractivity contribution in [2.45, 2.75) is 15.5 Å². The van der Waals surface area contributed by atoms with Gasteiger partial charge in [0.2, 0.25) is 5.91 Å². The van der Waals surface area contributed by atoms with E-state index in [1.54, 1.807) is 54.2 Å². The first-order valence-corrected chi connectivity index (χ1v) is 14.2. The van der Waals surface area contributed by atoms with Gasteiger partial charge < -0.3 is 14.8 Å². The van der Waals surface area contributed by atoms with Crippen molar-refractivity contribution < 1.29 is 22.7 Å². The lowest BCUT2D eigenvalue weighted by atomic mass is 10.2. The van der Waals surface area contributed by atoms with Crippen LogP contribution in [0.15, 0.2) is 113 Å². The van der Waals surface area contributed by atoms with E-state index in [9.17, 15) is 13.2 Å². The van der Waals surface area contributed by atoms with Gasteiger partial charge in [-0.2, -0.15) is 0 Å². The molecule has 0 unspecified atom stereocenters. The van der Waals surface area contributed by atoms with Crippen LogP contribution in [0.2, 0.25) is 0 Å². The van der Waals surface area contributed by atoms with Crippen molar-refractivity contribution in [2.24, 2.45) is 0 Å². The van der Waals surface area contributed by atoms with Crippen LogP contribution in [0.25, 0.3) is 0 Å². The van der Waals surface area contributed by atoms with Gasteiger partial charge in [-0.25, -0.2) is 8.42 Å². The van der Waals surface area contributed by atoms with Crippen LogP contribution in [-0.4, -0.2) is 35.1 Å². The van der Waals surface area contributed by atoms with Crippen molar-refractivity contribution in [2.75, 3.05) is 30.4 Å². The summed E-state index contributed by atoms with van der Waals surface area (Å²) in [6.07, 6.45) is 0. The number of nitrogens with one attached hydrogen (secondary N) is 1. The van der Waals surface area contributed by atoms with Crippen molar-refractivity contribution in [3.63, 3.8) is 0 Å². The van der Waals surface area contributed by atoms with Gasteiger partial charge in [0.25, 0.3) is 10.0 Å². The summed E-state index contributed by atoms with van der Waals surface area (Å²) >= 11 is 1.72. The fourth-order valence-electron chi connectivity index (χ4n) is 3.71. The van der Waals surface area contributed by atoms with Crippen molar-refractivity contribution in [3.05, 3.63) is 109 Å². The number of sulfonamides is 1. The zero-order chi connectivity index (χ0) is 27.0. The van der Waals surface area contributed by atoms with Crippen LogP contribution in [-0.2, 0) is 20.6 Å². The van der Waals surface area contributed by atoms with Gasteiger partial charge in [0.15, 0.2) is 0 Å². The van der Waals surface area contributed by atoms with Crippen LogP contribution in [0.4, 0.5) is 11.4 Å². The summed E-state index contributed by atoms with van der Waals surface area (Å²) in [5.74, 6) is 1.01. The van der Waals surface area contributed by atoms with Crippen molar-refractivity contribution >= 4 is 39.1 Å². The Kier molecular flexibility index (Phi) is 8.93. The van der Waals surface area contributed by atoms with E-state index in [1.807, 2.05) is 30.3 Å². The first-order valence-electron chi connectivity index (χ1n) is 11.8. The highest BCUT2D eigenvalue weighted by molar-refractivity contribution is 7.98. The number of thioether (sulfide) groups is 1. The molecule has 0 bridgehead atoms. The van der Waals surface area contributed by atoms with Gasteiger partial charge in [-0.05, 0) is 54.1 Å². The van der Waals surface area contributed by atoms with Gasteiger partial charge in [0.1, 0.15) is 18.0 Å². The highest BCUT2D eigenvalue weighted by atomic mass is 32.2. The van der Waals surface area contributed by atoms with Gasteiger partial charge in [0.05, 0.1) is 24.8 Å². The molecule has 1 N–H and O–H groups in total. The molecule has 9 heteroatoms. The minimum atomic E-state index is -4.11. The zero-order valence-electron chi connectivity index (χ0n) is 21.0. The summed E-state index contributed by atoms with van der Waals surface area (Å²) < 4.78 is 39.1. The molecular weight excluding hydrogens is 520 g/mol. The molecule has 0 saturated heterocycles. The fourth-order valence-corrected chi connectivity index (χ4v) is 6.03. The van der Waals surface area contributed by atoms with Gasteiger partial charge in [-0.15, -0.1) is 11.8 Å². The molecule has 0 aliphatic heterocycles. The summed E-state index contributed by atoms with van der Waals surface area (Å²) in [6.45, 7) is -0.466. The van der Waals surface area contributed by atoms with Crippen LogP contribution in [0.5, 0.6) is 11.5 Å². The predicted octanol–water partition coefficient (Wildman–Crippen LogP) is 5.83. The SMILES string of the molecule is COc1ccc(OC)c(N(CC(=O)Nc2ccc(CSc3ccccc3)cc2)S(=O)(=O)c2ccccc2)c1. The van der Waals surface area contributed by atoms with E-state index in [2.05, 4.69) is 17.4 Å². The number of nitrogens with zero attached hydrogens (tertiary/aromatic N) is 1. The third-order valence-corrected chi connectivity index (χ3v) is 8.52. The molecule has 0 atom stereocenters. The van der Waals surface area contributed by atoms with Crippen LogP contribution in [0.3, 0.4) is 0 Å². The van der Waals surface area contributed by atoms with E-state index >= 15 is 0 Å². The molecule has 0 saturated carbocycles. The first-order chi connectivity index (χ1) is 18.4. The number of methoxy groups -OCH3 is 2. The van der Waals surface area contributed by atoms with Crippen LogP contribution in [0.1, 0.15) is 5.56 Å². The lowest BCUT2D eigenvalue weighted by Gasteiger charge is -2.26. The number of amides is 1. The Balaban J connectivity index is 1.54. The molecule has 0 fully saturated rings. The Bertz CT molecular complexity index is 1460. The number of carbonyl (C=O) groups excluding carboxylic acids is 1. The monoisotopic (exact) mass is 548 g/mol. The molecule has 196 valence electrons. The van der Waals surface area contributed by atoms with E-state index in [1.165, 1.54) is 37.3 Å². The molecule has 7 nitrogen and oxygen atoms in total. The fraction of sp³-hybridized carbons (Fsp3) is 0.138. The quantitative estimate of drug-likeness (QED) is 0.238. The molecule has 4 aromatic carbocycles. The average molecular weight is 549 g/mol. The molecule has 0 radical (unpaired) electrons. The smallest absolute Gasteiger partial charge is 0.264 e. The lowest BCUT2D eigenvalue weighted by molar-refractivity contribution is -0.114. The number of hydrogen-bond donors (Lipinski definition) is 1. The molecule has 38 heavy (non-hydrogen) atoms. The number of anilines is 2. The molecule has 0 aliphatic carbocycles. The second-order valence-electron chi connectivity index (χ2n) is 8.21. The standard InChI is InChI=1S/C29H28N2O5S2/c1-35-24-17-18-28(36-2)27(19-24)31(38(33,34)26-11-7-4-8-12-26)20-29(32)30-23-15-13-22(14-16-23)21-37-25-9-5-3-6-10-25/h3-19H,20-21H2,1-2H3,(H,30,32). The third-order valence-electron chi connectivity index (χ3n) is 5.66. The molecule has 4 rings (SSSR count). The van der Waals surface area contributed by atoms with E-state index in [0.29, 0.717) is 17.2 Å². The maximum absolute atomic E-state index is 13.7. The number of ether oxygens (including phenoxy) is 2. The summed E-state index contributed by atoms with van der Waals surface area (Å²) in [4.78, 5) is 14.4. The Morgan fingerprint density at radius 2 is 1.50 bits per heavy atom.